The molecular formula is C27H38N4O5. The number of carbonyl (C=O) groups is 2. The fourth-order valence-electron chi connectivity index (χ4n) is 4.16. The lowest BCUT2D eigenvalue weighted by Gasteiger charge is -2.34. The highest BCUT2D eigenvalue weighted by Crippen LogP contribution is 2.30. The summed E-state index contributed by atoms with van der Waals surface area (Å²) in [5, 5.41) is 12.7. The number of aliphatic hydroxyl groups excluding tert-OH is 1. The molecule has 0 spiro atoms. The molecule has 1 aliphatic heterocycles. The molecule has 0 aromatic heterocycles. The van der Waals surface area contributed by atoms with Gasteiger partial charge in [-0.25, -0.2) is 4.79 Å². The van der Waals surface area contributed by atoms with Crippen molar-refractivity contribution >= 4 is 23.3 Å². The lowest BCUT2D eigenvalue weighted by atomic mass is 10.0. The molecule has 0 fully saturated rings. The van der Waals surface area contributed by atoms with Crippen molar-refractivity contribution in [1.82, 2.24) is 9.80 Å². The molecule has 196 valence electrons. The monoisotopic (exact) mass is 498 g/mol. The standard InChI is InChI=1S/C27H38N4O5/c1-18-15-31(19(2)17-32)26(33)14-20-13-22(29(3)4)9-12-24(20)36-25(18)16-30(5)27(34)28-21-7-10-23(35-6)11-8-21/h7-13,18-19,25,32H,14-17H2,1-6H3,(H,28,34)/t18-,19-,25+/m0/s1. The highest BCUT2D eigenvalue weighted by Gasteiger charge is 2.32. The van der Waals surface area contributed by atoms with Crippen molar-refractivity contribution in [1.29, 1.82) is 0 Å². The first-order chi connectivity index (χ1) is 17.1. The van der Waals surface area contributed by atoms with Gasteiger partial charge < -0.3 is 34.6 Å². The summed E-state index contributed by atoms with van der Waals surface area (Å²) in [6.07, 6.45) is -0.200. The number of aliphatic hydroxyl groups is 1. The summed E-state index contributed by atoms with van der Waals surface area (Å²) in [7, 11) is 7.20. The van der Waals surface area contributed by atoms with E-state index in [0.717, 1.165) is 11.3 Å². The quantitative estimate of drug-likeness (QED) is 0.609. The Morgan fingerprint density at radius 3 is 2.53 bits per heavy atom. The molecule has 2 N–H and O–H groups in total. The van der Waals surface area contributed by atoms with Crippen molar-refractivity contribution in [3.05, 3.63) is 48.0 Å². The van der Waals surface area contributed by atoms with Crippen molar-refractivity contribution in [3.8, 4) is 11.5 Å². The van der Waals surface area contributed by atoms with Crippen molar-refractivity contribution < 1.29 is 24.2 Å². The number of amides is 3. The number of carbonyl (C=O) groups excluding carboxylic acids is 2. The van der Waals surface area contributed by atoms with Gasteiger partial charge in [0.2, 0.25) is 5.91 Å². The zero-order valence-corrected chi connectivity index (χ0v) is 22.0. The van der Waals surface area contributed by atoms with Crippen molar-refractivity contribution in [2.45, 2.75) is 32.4 Å². The van der Waals surface area contributed by atoms with E-state index >= 15 is 0 Å². The Kier molecular flexibility index (Phi) is 9.03. The van der Waals surface area contributed by atoms with Crippen LogP contribution in [0.5, 0.6) is 11.5 Å². The number of methoxy groups -OCH3 is 1. The Hall–Kier alpha value is -3.46. The number of anilines is 2. The third-order valence-corrected chi connectivity index (χ3v) is 6.56. The third kappa shape index (κ3) is 6.60. The number of hydrogen-bond donors (Lipinski definition) is 2. The van der Waals surface area contributed by atoms with Gasteiger partial charge in [0.25, 0.3) is 0 Å². The van der Waals surface area contributed by atoms with Crippen molar-refractivity contribution in [2.24, 2.45) is 5.92 Å². The largest absolute Gasteiger partial charge is 0.497 e. The summed E-state index contributed by atoms with van der Waals surface area (Å²) < 4.78 is 11.6. The van der Waals surface area contributed by atoms with Crippen LogP contribution in [-0.4, -0.2) is 86.9 Å². The molecule has 0 saturated carbocycles. The number of likely N-dealkylation sites (N-methyl/N-ethyl adjacent to an activating group) is 1. The second-order valence-electron chi connectivity index (χ2n) is 9.61. The molecule has 0 bridgehead atoms. The van der Waals surface area contributed by atoms with Gasteiger partial charge >= 0.3 is 6.03 Å². The zero-order chi connectivity index (χ0) is 26.4. The molecule has 9 heteroatoms. The Bertz CT molecular complexity index is 1040. The zero-order valence-electron chi connectivity index (χ0n) is 22.0. The summed E-state index contributed by atoms with van der Waals surface area (Å²) >= 11 is 0. The number of fused-ring (bicyclic) bond motifs is 1. The van der Waals surface area contributed by atoms with E-state index in [-0.39, 0.29) is 43.0 Å². The molecule has 1 heterocycles. The van der Waals surface area contributed by atoms with Crippen molar-refractivity contribution in [3.63, 3.8) is 0 Å². The van der Waals surface area contributed by atoms with Gasteiger partial charge in [-0.1, -0.05) is 6.92 Å². The van der Waals surface area contributed by atoms with Gasteiger partial charge in [0, 0.05) is 50.5 Å². The molecule has 2 aromatic rings. The minimum absolute atomic E-state index is 0.0598. The van der Waals surface area contributed by atoms with Gasteiger partial charge in [-0.15, -0.1) is 0 Å². The maximum absolute atomic E-state index is 13.3. The van der Waals surface area contributed by atoms with Gasteiger partial charge in [0.15, 0.2) is 0 Å². The maximum atomic E-state index is 13.3. The van der Waals surface area contributed by atoms with Gasteiger partial charge in [-0.3, -0.25) is 4.79 Å². The molecule has 3 atom stereocenters. The fourth-order valence-corrected chi connectivity index (χ4v) is 4.16. The number of urea groups is 1. The summed E-state index contributed by atoms with van der Waals surface area (Å²) in [4.78, 5) is 31.5. The van der Waals surface area contributed by atoms with Crippen LogP contribution in [0.4, 0.5) is 16.2 Å². The number of nitrogens with zero attached hydrogens (tertiary/aromatic N) is 3. The summed E-state index contributed by atoms with van der Waals surface area (Å²) in [5.74, 6) is 1.18. The molecule has 9 nitrogen and oxygen atoms in total. The molecule has 3 amide bonds. The van der Waals surface area contributed by atoms with Gasteiger partial charge in [0.1, 0.15) is 17.6 Å². The summed E-state index contributed by atoms with van der Waals surface area (Å²) in [6, 6.07) is 12.3. The van der Waals surface area contributed by atoms with Crippen LogP contribution in [0, 0.1) is 5.92 Å². The summed E-state index contributed by atoms with van der Waals surface area (Å²) in [6.45, 7) is 4.44. The number of nitrogens with one attached hydrogen (secondary N) is 1. The summed E-state index contributed by atoms with van der Waals surface area (Å²) in [5.41, 5.74) is 2.41. The predicted molar refractivity (Wildman–Crippen MR) is 141 cm³/mol. The number of ether oxygens (including phenoxy) is 2. The Morgan fingerprint density at radius 2 is 1.92 bits per heavy atom. The van der Waals surface area contributed by atoms with E-state index in [9.17, 15) is 14.7 Å². The van der Waals surface area contributed by atoms with Gasteiger partial charge in [-0.2, -0.15) is 0 Å². The lowest BCUT2D eigenvalue weighted by molar-refractivity contribution is -0.134. The molecule has 1 aliphatic rings. The predicted octanol–water partition coefficient (Wildman–Crippen LogP) is 3.07. The Morgan fingerprint density at radius 1 is 1.22 bits per heavy atom. The molecule has 0 saturated heterocycles. The van der Waals surface area contributed by atoms with E-state index < -0.39 is 0 Å². The number of rotatable bonds is 7. The Balaban J connectivity index is 1.84. The van der Waals surface area contributed by atoms with E-state index in [0.29, 0.717) is 30.3 Å². The number of hydrogen-bond acceptors (Lipinski definition) is 6. The first kappa shape index (κ1) is 27.1. The van der Waals surface area contributed by atoms with Crippen LogP contribution >= 0.6 is 0 Å². The molecule has 2 aromatic carbocycles. The smallest absolute Gasteiger partial charge is 0.321 e. The second kappa shape index (κ2) is 12.0. The van der Waals surface area contributed by atoms with Crippen LogP contribution in [0.15, 0.2) is 42.5 Å². The molecular weight excluding hydrogens is 460 g/mol. The van der Waals surface area contributed by atoms with Crippen molar-refractivity contribution in [2.75, 3.05) is 58.2 Å². The van der Waals surface area contributed by atoms with E-state index in [1.54, 1.807) is 48.2 Å². The molecule has 3 rings (SSSR count). The highest BCUT2D eigenvalue weighted by atomic mass is 16.5. The molecule has 36 heavy (non-hydrogen) atoms. The SMILES string of the molecule is COc1ccc(NC(=O)N(C)C[C@H]2Oc3ccc(N(C)C)cc3CC(=O)N([C@@H](C)CO)C[C@@H]2C)cc1. The molecule has 0 radical (unpaired) electrons. The second-order valence-corrected chi connectivity index (χ2v) is 9.61. The van der Waals surface area contributed by atoms with E-state index in [4.69, 9.17) is 9.47 Å². The van der Waals surface area contributed by atoms with Crippen LogP contribution in [0.1, 0.15) is 19.4 Å². The maximum Gasteiger partial charge on any atom is 0.321 e. The fraction of sp³-hybridized carbons (Fsp3) is 0.481. The van der Waals surface area contributed by atoms with Crippen LogP contribution in [0.2, 0.25) is 0 Å². The average molecular weight is 499 g/mol. The Labute approximate surface area is 213 Å². The average Bonchev–Trinajstić information content (AvgIpc) is 2.91. The topological polar surface area (TPSA) is 94.6 Å². The number of benzene rings is 2. The van der Waals surface area contributed by atoms with Gasteiger partial charge in [-0.05, 0) is 49.4 Å². The van der Waals surface area contributed by atoms with Crippen LogP contribution in [0.25, 0.3) is 0 Å². The third-order valence-electron chi connectivity index (χ3n) is 6.56. The van der Waals surface area contributed by atoms with E-state index in [1.165, 1.54) is 0 Å². The van der Waals surface area contributed by atoms with E-state index in [1.807, 2.05) is 51.0 Å². The van der Waals surface area contributed by atoms with Crippen LogP contribution in [0.3, 0.4) is 0 Å². The molecule has 0 unspecified atom stereocenters. The molecule has 0 aliphatic carbocycles. The highest BCUT2D eigenvalue weighted by molar-refractivity contribution is 5.89. The van der Waals surface area contributed by atoms with Crippen LogP contribution in [-0.2, 0) is 11.2 Å². The minimum Gasteiger partial charge on any atom is -0.497 e. The minimum atomic E-state index is -0.375. The van der Waals surface area contributed by atoms with Crippen LogP contribution < -0.4 is 19.7 Å². The van der Waals surface area contributed by atoms with Gasteiger partial charge in [0.05, 0.1) is 32.7 Å². The lowest BCUT2D eigenvalue weighted by Crippen LogP contribution is -2.48. The normalized spacial score (nSPS) is 18.6. The van der Waals surface area contributed by atoms with E-state index in [2.05, 4.69) is 5.32 Å². The first-order valence-electron chi connectivity index (χ1n) is 12.2. The first-order valence-corrected chi connectivity index (χ1v) is 12.2.